The molecule has 6 nitrogen and oxygen atoms in total. The van der Waals surface area contributed by atoms with Crippen molar-refractivity contribution in [3.63, 3.8) is 0 Å². The van der Waals surface area contributed by atoms with Gasteiger partial charge in [-0.05, 0) is 37.6 Å². The molecule has 2 rings (SSSR count). The number of nitrogens with zero attached hydrogens (tertiary/aromatic N) is 1. The third-order valence-corrected chi connectivity index (χ3v) is 3.44. The van der Waals surface area contributed by atoms with Crippen molar-refractivity contribution in [2.24, 2.45) is 0 Å². The van der Waals surface area contributed by atoms with Gasteiger partial charge in [0.25, 0.3) is 0 Å². The third kappa shape index (κ3) is 3.40. The molecule has 0 aliphatic heterocycles. The fraction of sp³-hybridized carbons (Fsp3) is 0.235. The molecule has 0 saturated heterocycles. The Morgan fingerprint density at radius 1 is 1.30 bits per heavy atom. The van der Waals surface area contributed by atoms with Crippen molar-refractivity contribution < 1.29 is 19.1 Å². The van der Waals surface area contributed by atoms with Gasteiger partial charge in [0.05, 0.1) is 30.0 Å². The van der Waals surface area contributed by atoms with E-state index >= 15 is 0 Å². The zero-order chi connectivity index (χ0) is 17.0. The van der Waals surface area contributed by atoms with Crippen LogP contribution < -0.4 is 4.74 Å². The SMILES string of the molecule is COC(=O)c1c(C)[nH]c(C(=O)COc2cccc(C#N)c2)c1C. The molecule has 0 saturated carbocycles. The highest BCUT2D eigenvalue weighted by Crippen LogP contribution is 2.20. The van der Waals surface area contributed by atoms with Crippen LogP contribution in [0.2, 0.25) is 0 Å². The highest BCUT2D eigenvalue weighted by molar-refractivity contribution is 6.02. The molecule has 0 unspecified atom stereocenters. The lowest BCUT2D eigenvalue weighted by molar-refractivity contribution is 0.0599. The number of Topliss-reactive ketones (excluding diaryl/α,β-unsaturated/α-hetero) is 1. The molecule has 0 fully saturated rings. The summed E-state index contributed by atoms with van der Waals surface area (Å²) in [6, 6.07) is 8.55. The highest BCUT2D eigenvalue weighted by Gasteiger charge is 2.22. The Balaban J connectivity index is 2.15. The maximum atomic E-state index is 12.3. The lowest BCUT2D eigenvalue weighted by Gasteiger charge is -2.05. The molecule has 0 radical (unpaired) electrons. The van der Waals surface area contributed by atoms with Crippen molar-refractivity contribution in [2.45, 2.75) is 13.8 Å². The van der Waals surface area contributed by atoms with Gasteiger partial charge in [-0.15, -0.1) is 0 Å². The maximum absolute atomic E-state index is 12.3. The van der Waals surface area contributed by atoms with Gasteiger partial charge < -0.3 is 14.5 Å². The van der Waals surface area contributed by atoms with Gasteiger partial charge in [-0.25, -0.2) is 4.79 Å². The molecule has 0 spiro atoms. The summed E-state index contributed by atoms with van der Waals surface area (Å²) in [5, 5.41) is 8.84. The number of H-pyrrole nitrogens is 1. The zero-order valence-electron chi connectivity index (χ0n) is 13.1. The van der Waals surface area contributed by atoms with Gasteiger partial charge in [-0.1, -0.05) is 6.07 Å². The molecule has 1 N–H and O–H groups in total. The Morgan fingerprint density at radius 2 is 2.04 bits per heavy atom. The molecule has 2 aromatic rings. The van der Waals surface area contributed by atoms with E-state index in [-0.39, 0.29) is 12.4 Å². The fourth-order valence-corrected chi connectivity index (χ4v) is 2.31. The van der Waals surface area contributed by atoms with Crippen LogP contribution in [-0.2, 0) is 4.74 Å². The minimum atomic E-state index is -0.488. The number of ketones is 1. The van der Waals surface area contributed by atoms with Crippen LogP contribution in [0.25, 0.3) is 0 Å². The van der Waals surface area contributed by atoms with Crippen molar-refractivity contribution in [1.29, 1.82) is 5.26 Å². The normalized spacial score (nSPS) is 10.0. The van der Waals surface area contributed by atoms with Gasteiger partial charge in [-0.2, -0.15) is 5.26 Å². The molecule has 0 atom stereocenters. The van der Waals surface area contributed by atoms with E-state index in [2.05, 4.69) is 4.98 Å². The van der Waals surface area contributed by atoms with Crippen molar-refractivity contribution in [3.8, 4) is 11.8 Å². The second kappa shape index (κ2) is 6.79. The van der Waals surface area contributed by atoms with Gasteiger partial charge in [0, 0.05) is 5.69 Å². The average Bonchev–Trinajstić information content (AvgIpc) is 2.86. The maximum Gasteiger partial charge on any atom is 0.339 e. The third-order valence-electron chi connectivity index (χ3n) is 3.44. The van der Waals surface area contributed by atoms with E-state index in [0.717, 1.165) is 0 Å². The average molecular weight is 312 g/mol. The monoisotopic (exact) mass is 312 g/mol. The summed E-state index contributed by atoms with van der Waals surface area (Å²) in [4.78, 5) is 26.9. The Kier molecular flexibility index (Phi) is 4.82. The molecular formula is C17H16N2O4. The minimum Gasteiger partial charge on any atom is -0.485 e. The lowest BCUT2D eigenvalue weighted by atomic mass is 10.1. The van der Waals surface area contributed by atoms with Crippen LogP contribution in [0.4, 0.5) is 0 Å². The molecule has 6 heteroatoms. The van der Waals surface area contributed by atoms with Crippen LogP contribution in [0.1, 0.15) is 37.7 Å². The van der Waals surface area contributed by atoms with E-state index < -0.39 is 5.97 Å². The van der Waals surface area contributed by atoms with E-state index in [1.165, 1.54) is 7.11 Å². The lowest BCUT2D eigenvalue weighted by Crippen LogP contribution is -2.13. The number of hydrogen-bond acceptors (Lipinski definition) is 5. The summed E-state index contributed by atoms with van der Waals surface area (Å²) in [5.41, 5.74) is 2.24. The van der Waals surface area contributed by atoms with Gasteiger partial charge in [0.1, 0.15) is 5.75 Å². The molecule has 0 aliphatic carbocycles. The van der Waals surface area contributed by atoms with E-state index in [1.807, 2.05) is 6.07 Å². The number of aryl methyl sites for hydroxylation is 1. The number of carbonyl (C=O) groups excluding carboxylic acids is 2. The fourth-order valence-electron chi connectivity index (χ4n) is 2.31. The minimum absolute atomic E-state index is 0.198. The van der Waals surface area contributed by atoms with E-state index in [0.29, 0.717) is 33.8 Å². The van der Waals surface area contributed by atoms with E-state index in [1.54, 1.807) is 38.1 Å². The summed E-state index contributed by atoms with van der Waals surface area (Å²) in [6.07, 6.45) is 0. The predicted molar refractivity (Wildman–Crippen MR) is 82.6 cm³/mol. The molecule has 1 aromatic heterocycles. The summed E-state index contributed by atoms with van der Waals surface area (Å²) >= 11 is 0. The first-order valence-corrected chi connectivity index (χ1v) is 6.91. The number of aromatic nitrogens is 1. The first kappa shape index (κ1) is 16.3. The quantitative estimate of drug-likeness (QED) is 0.676. The molecular weight excluding hydrogens is 296 g/mol. The molecule has 0 aliphatic rings. The van der Waals surface area contributed by atoms with Crippen LogP contribution in [-0.4, -0.2) is 30.5 Å². The van der Waals surface area contributed by atoms with Crippen LogP contribution in [0.5, 0.6) is 5.75 Å². The van der Waals surface area contributed by atoms with Gasteiger partial charge >= 0.3 is 5.97 Å². The number of aromatic amines is 1. The molecule has 0 bridgehead atoms. The van der Waals surface area contributed by atoms with Crippen molar-refractivity contribution >= 4 is 11.8 Å². The topological polar surface area (TPSA) is 92.2 Å². The largest absolute Gasteiger partial charge is 0.485 e. The van der Waals surface area contributed by atoms with E-state index in [9.17, 15) is 9.59 Å². The predicted octanol–water partition coefficient (Wildman–Crippen LogP) is 2.55. The van der Waals surface area contributed by atoms with Crippen molar-refractivity contribution in [3.05, 3.63) is 52.3 Å². The number of hydrogen-bond donors (Lipinski definition) is 1. The van der Waals surface area contributed by atoms with Crippen LogP contribution in [0.15, 0.2) is 24.3 Å². The number of nitrogens with one attached hydrogen (secondary N) is 1. The first-order chi connectivity index (χ1) is 11.0. The summed E-state index contributed by atoms with van der Waals surface area (Å²) in [7, 11) is 1.29. The summed E-state index contributed by atoms with van der Waals surface area (Å²) < 4.78 is 10.1. The zero-order valence-corrected chi connectivity index (χ0v) is 13.1. The summed E-state index contributed by atoms with van der Waals surface area (Å²) in [6.45, 7) is 3.18. The number of methoxy groups -OCH3 is 1. The van der Waals surface area contributed by atoms with Gasteiger partial charge in [-0.3, -0.25) is 4.79 Å². The van der Waals surface area contributed by atoms with Crippen LogP contribution in [0, 0.1) is 25.2 Å². The molecule has 1 aromatic carbocycles. The van der Waals surface area contributed by atoms with E-state index in [4.69, 9.17) is 14.7 Å². The number of carbonyl (C=O) groups is 2. The Morgan fingerprint density at radius 3 is 2.70 bits per heavy atom. The van der Waals surface area contributed by atoms with Crippen LogP contribution in [0.3, 0.4) is 0 Å². The second-order valence-corrected chi connectivity index (χ2v) is 4.97. The molecule has 1 heterocycles. The summed E-state index contributed by atoms with van der Waals surface area (Å²) in [5.74, 6) is -0.340. The molecule has 23 heavy (non-hydrogen) atoms. The van der Waals surface area contributed by atoms with Gasteiger partial charge in [0.15, 0.2) is 6.61 Å². The smallest absolute Gasteiger partial charge is 0.339 e. The Labute approximate surface area is 133 Å². The first-order valence-electron chi connectivity index (χ1n) is 6.91. The number of ether oxygens (including phenoxy) is 2. The number of rotatable bonds is 5. The number of nitriles is 1. The number of esters is 1. The Hall–Kier alpha value is -3.07. The van der Waals surface area contributed by atoms with Crippen molar-refractivity contribution in [2.75, 3.05) is 13.7 Å². The van der Waals surface area contributed by atoms with Gasteiger partial charge in [0.2, 0.25) is 5.78 Å². The van der Waals surface area contributed by atoms with Crippen molar-refractivity contribution in [1.82, 2.24) is 4.98 Å². The second-order valence-electron chi connectivity index (χ2n) is 4.97. The molecule has 118 valence electrons. The molecule has 0 amide bonds. The Bertz CT molecular complexity index is 799. The standard InChI is InChI=1S/C17H16N2O4/c1-10-15(17(21)22-3)11(2)19-16(10)14(20)9-23-13-6-4-5-12(7-13)8-18/h4-7,19H,9H2,1-3H3. The van der Waals surface area contributed by atoms with Crippen LogP contribution >= 0.6 is 0 Å². The number of benzene rings is 1. The highest BCUT2D eigenvalue weighted by atomic mass is 16.5.